The zero-order valence-electron chi connectivity index (χ0n) is 20.6. The summed E-state index contributed by atoms with van der Waals surface area (Å²) in [6, 6.07) is -0.945. The van der Waals surface area contributed by atoms with Crippen molar-refractivity contribution in [3.63, 3.8) is 0 Å². The number of rotatable bonds is 9. The lowest BCUT2D eigenvalue weighted by molar-refractivity contribution is -0.753. The molecule has 0 radical (unpaired) electrons. The van der Waals surface area contributed by atoms with Gasteiger partial charge >= 0.3 is 5.97 Å². The van der Waals surface area contributed by atoms with E-state index in [9.17, 15) is 19.5 Å². The zero-order valence-corrected chi connectivity index (χ0v) is 22.3. The molecule has 4 N–H and O–H groups in total. The van der Waals surface area contributed by atoms with Crippen LogP contribution in [-0.4, -0.2) is 71.3 Å². The highest BCUT2D eigenvalue weighted by molar-refractivity contribution is 8.00. The van der Waals surface area contributed by atoms with Crippen molar-refractivity contribution in [3.05, 3.63) is 47.2 Å². The second kappa shape index (κ2) is 10.6. The van der Waals surface area contributed by atoms with Crippen LogP contribution in [0.3, 0.4) is 0 Å². The highest BCUT2D eigenvalue weighted by Crippen LogP contribution is 2.41. The van der Waals surface area contributed by atoms with E-state index in [2.05, 4.69) is 37.3 Å². The third-order valence-electron chi connectivity index (χ3n) is 6.61. The quantitative estimate of drug-likeness (QED) is 0.0954. The molecule has 2 amide bonds. The van der Waals surface area contributed by atoms with Crippen LogP contribution < -0.4 is 15.7 Å². The number of oxime groups is 1. The monoisotopic (exact) mass is 559 g/mol. The molecule has 2 aromatic heterocycles. The number of carbonyl (C=O) groups excluding carboxylic acids is 2. The van der Waals surface area contributed by atoms with E-state index in [1.165, 1.54) is 34.0 Å². The van der Waals surface area contributed by atoms with E-state index < -0.39 is 29.2 Å². The van der Waals surface area contributed by atoms with Crippen molar-refractivity contribution in [1.29, 1.82) is 0 Å². The van der Waals surface area contributed by atoms with Gasteiger partial charge in [0.1, 0.15) is 30.3 Å². The highest BCUT2D eigenvalue weighted by Gasteiger charge is 2.54. The smallest absolute Gasteiger partial charge is 0.352 e. The van der Waals surface area contributed by atoms with Crippen molar-refractivity contribution in [3.8, 4) is 0 Å². The predicted molar refractivity (Wildman–Crippen MR) is 139 cm³/mol. The minimum Gasteiger partial charge on any atom is -0.477 e. The number of β-lactam (4-membered cyclic amide) rings is 1. The third-order valence-corrected chi connectivity index (χ3v) is 8.49. The molecule has 5 rings (SSSR count). The lowest BCUT2D eigenvalue weighted by Crippen LogP contribution is -2.71. The van der Waals surface area contributed by atoms with Gasteiger partial charge < -0.3 is 21.0 Å². The van der Waals surface area contributed by atoms with Crippen LogP contribution in [0.5, 0.6) is 0 Å². The van der Waals surface area contributed by atoms with Crippen molar-refractivity contribution < 1.29 is 29.0 Å². The normalized spacial score (nSPS) is 20.9. The molecule has 0 spiro atoms. The first-order valence-electron chi connectivity index (χ1n) is 12.0. The number of carboxylic acid groups (broad SMARTS) is 1. The summed E-state index contributed by atoms with van der Waals surface area (Å²) in [5, 5.41) is 16.1. The Hall–Kier alpha value is -3.72. The van der Waals surface area contributed by atoms with Crippen molar-refractivity contribution >= 4 is 51.9 Å². The average Bonchev–Trinajstić information content (AvgIpc) is 3.46. The molecule has 1 saturated heterocycles. The van der Waals surface area contributed by atoms with E-state index in [-0.39, 0.29) is 29.0 Å². The van der Waals surface area contributed by atoms with E-state index >= 15 is 0 Å². The molecule has 1 fully saturated rings. The molecule has 0 saturated carbocycles. The van der Waals surface area contributed by atoms with Crippen molar-refractivity contribution in [2.24, 2.45) is 12.2 Å². The number of fused-ring (bicyclic) bond motifs is 2. The molecule has 3 aliphatic rings. The van der Waals surface area contributed by atoms with Gasteiger partial charge in [0.15, 0.2) is 18.4 Å². The highest BCUT2D eigenvalue weighted by atomic mass is 32.2. The molecule has 4 heterocycles. The predicted octanol–water partition coefficient (Wildman–Crippen LogP) is -0.0294. The Balaban J connectivity index is 1.36. The van der Waals surface area contributed by atoms with E-state index in [4.69, 9.17) is 10.6 Å². The van der Waals surface area contributed by atoms with Gasteiger partial charge in [-0.2, -0.15) is 14.0 Å². The Bertz CT molecular complexity index is 1380. The molecule has 13 nitrogen and oxygen atoms in total. The van der Waals surface area contributed by atoms with Gasteiger partial charge in [-0.1, -0.05) is 17.8 Å². The Morgan fingerprint density at radius 3 is 2.92 bits per heavy atom. The fourth-order valence-electron chi connectivity index (χ4n) is 4.90. The van der Waals surface area contributed by atoms with Crippen molar-refractivity contribution in [1.82, 2.24) is 24.3 Å². The number of thioether (sulfide) groups is 1. The second-order valence-electron chi connectivity index (χ2n) is 9.04. The van der Waals surface area contributed by atoms with Crippen molar-refractivity contribution in [2.45, 2.75) is 43.6 Å². The van der Waals surface area contributed by atoms with Gasteiger partial charge in [0.25, 0.3) is 11.8 Å². The number of aryl methyl sites for hydroxylation is 2. The maximum atomic E-state index is 13.2. The van der Waals surface area contributed by atoms with Crippen LogP contribution in [0.4, 0.5) is 5.13 Å². The molecule has 38 heavy (non-hydrogen) atoms. The summed E-state index contributed by atoms with van der Waals surface area (Å²) in [6.07, 6.45) is 7.74. The van der Waals surface area contributed by atoms with Gasteiger partial charge in [0.05, 0.1) is 5.69 Å². The van der Waals surface area contributed by atoms with Gasteiger partial charge in [0.2, 0.25) is 11.5 Å². The molecule has 1 aliphatic carbocycles. The van der Waals surface area contributed by atoms with Gasteiger partial charge in [-0.25, -0.2) is 4.79 Å². The summed E-state index contributed by atoms with van der Waals surface area (Å²) < 4.78 is 8.09. The SMILES string of the molecule is C=CCON=C(C(=O)NC1C(=O)N2C(C(=O)O)=C(Cn3c4c(c[n+]3C)CCCC4)CS[C@H]12)c1nsc(N)n1. The first-order valence-corrected chi connectivity index (χ1v) is 13.8. The molecular formula is C23H27N8O5S2+. The Kier molecular flexibility index (Phi) is 7.21. The molecule has 2 atom stereocenters. The maximum Gasteiger partial charge on any atom is 0.352 e. The van der Waals surface area contributed by atoms with Crippen molar-refractivity contribution in [2.75, 3.05) is 18.1 Å². The van der Waals surface area contributed by atoms with Crippen LogP contribution in [0, 0.1) is 0 Å². The summed E-state index contributed by atoms with van der Waals surface area (Å²) in [5.41, 5.74) is 8.52. The van der Waals surface area contributed by atoms with E-state index in [1.54, 1.807) is 0 Å². The summed E-state index contributed by atoms with van der Waals surface area (Å²) in [4.78, 5) is 48.9. The van der Waals surface area contributed by atoms with E-state index in [1.807, 2.05) is 11.7 Å². The minimum absolute atomic E-state index is 0.0281. The van der Waals surface area contributed by atoms with Crippen LogP contribution in [0.25, 0.3) is 0 Å². The lowest BCUT2D eigenvalue weighted by atomic mass is 9.98. The van der Waals surface area contributed by atoms with Gasteiger partial charge in [-0.3, -0.25) is 14.5 Å². The number of carbonyl (C=O) groups is 3. The molecule has 2 aliphatic heterocycles. The Morgan fingerprint density at radius 2 is 2.21 bits per heavy atom. The van der Waals surface area contributed by atoms with Crippen LogP contribution in [0.1, 0.15) is 29.9 Å². The number of hydrogen-bond acceptors (Lipinski definition) is 10. The summed E-state index contributed by atoms with van der Waals surface area (Å²) in [6.45, 7) is 3.95. The number of nitrogens with one attached hydrogen (secondary N) is 1. The largest absolute Gasteiger partial charge is 0.477 e. The average molecular weight is 560 g/mol. The van der Waals surface area contributed by atoms with Crippen LogP contribution in [0.15, 0.2) is 35.3 Å². The molecule has 15 heteroatoms. The number of hydrogen-bond donors (Lipinski definition) is 3. The minimum atomic E-state index is -1.17. The first-order chi connectivity index (χ1) is 18.3. The summed E-state index contributed by atoms with van der Waals surface area (Å²) in [5.74, 6) is -2.05. The number of nitrogens with two attached hydrogens (primary N) is 1. The number of nitrogen functional groups attached to an aromatic ring is 1. The zero-order chi connectivity index (χ0) is 27.0. The van der Waals surface area contributed by atoms with E-state index in [0.717, 1.165) is 37.2 Å². The summed E-state index contributed by atoms with van der Waals surface area (Å²) >= 11 is 2.29. The molecular weight excluding hydrogens is 532 g/mol. The van der Waals surface area contributed by atoms with E-state index in [0.29, 0.717) is 17.9 Å². The molecule has 1 unspecified atom stereocenters. The van der Waals surface area contributed by atoms with Crippen LogP contribution in [-0.2, 0) is 45.7 Å². The van der Waals surface area contributed by atoms with Crippen LogP contribution >= 0.6 is 23.3 Å². The first kappa shape index (κ1) is 25.9. The Morgan fingerprint density at radius 1 is 1.42 bits per heavy atom. The fourth-order valence-corrected chi connectivity index (χ4v) is 6.67. The summed E-state index contributed by atoms with van der Waals surface area (Å²) in [7, 11) is 1.95. The topological polar surface area (TPSA) is 169 Å². The number of amides is 2. The number of anilines is 1. The Labute approximate surface area is 226 Å². The molecule has 0 aromatic carbocycles. The standard InChI is InChI=1S/C23H26N8O5S2/c1-3-8-36-27-15(18-26-23(24)38-28-18)19(32)25-16-20(33)31-17(22(34)35)13(11-37-21(16)31)10-30-14-7-5-4-6-12(14)9-29(30)2/h3,9,16,21H,1,4-8,10-11H2,2H3,(H3-,24,25,26,28,32,34,35)/p+1/t16?,21-/m1/s1. The number of aliphatic carboxylic acids is 1. The van der Waals surface area contributed by atoms with Crippen LogP contribution in [0.2, 0.25) is 0 Å². The second-order valence-corrected chi connectivity index (χ2v) is 10.9. The molecule has 200 valence electrons. The maximum absolute atomic E-state index is 13.2. The van der Waals surface area contributed by atoms with Gasteiger partial charge in [-0.15, -0.1) is 16.4 Å². The fraction of sp³-hybridized carbons (Fsp3) is 0.435. The van der Waals surface area contributed by atoms with Gasteiger partial charge in [-0.05, 0) is 31.3 Å². The number of carboxylic acids is 1. The number of aromatic nitrogens is 4. The van der Waals surface area contributed by atoms with Gasteiger partial charge in [0, 0.05) is 22.8 Å². The molecule has 2 aromatic rings. The third kappa shape index (κ3) is 4.67. The number of nitrogens with zero attached hydrogens (tertiary/aromatic N) is 6. The lowest BCUT2D eigenvalue weighted by Gasteiger charge is -2.49. The molecule has 0 bridgehead atoms.